The number of hydrogen-bond donors (Lipinski definition) is 1. The van der Waals surface area contributed by atoms with Crippen molar-refractivity contribution in [2.45, 2.75) is 19.0 Å². The topological polar surface area (TPSA) is 72.4 Å². The van der Waals surface area contributed by atoms with Crippen molar-refractivity contribution in [1.82, 2.24) is 10.1 Å². The minimum atomic E-state index is -5.05. The highest BCUT2D eigenvalue weighted by Crippen LogP contribution is 2.39. The maximum Gasteiger partial charge on any atom is 0.420 e. The minimum absolute atomic E-state index is 0.0399. The van der Waals surface area contributed by atoms with Gasteiger partial charge in [0.15, 0.2) is 11.4 Å². The molecule has 2 heterocycles. The number of carbonyl (C=O) groups is 1. The van der Waals surface area contributed by atoms with E-state index in [1.807, 2.05) is 0 Å². The lowest BCUT2D eigenvalue weighted by molar-refractivity contribution is -0.140. The van der Waals surface area contributed by atoms with E-state index in [1.165, 1.54) is 23.1 Å². The molecule has 1 radical (unpaired) electrons. The number of fused-ring (bicyclic) bond motifs is 1. The molecule has 145 valence electrons. The number of nitrogens with zero attached hydrogens (tertiary/aromatic N) is 2. The fourth-order valence-corrected chi connectivity index (χ4v) is 3.37. The van der Waals surface area contributed by atoms with Crippen molar-refractivity contribution in [2.75, 3.05) is 18.8 Å². The molecular formula is C19H14F4N3O2. The average Bonchev–Trinajstić information content (AvgIpc) is 3.30. The number of rotatable bonds is 2. The largest absolute Gasteiger partial charge is 0.420 e. The Morgan fingerprint density at radius 3 is 2.64 bits per heavy atom. The van der Waals surface area contributed by atoms with Crippen LogP contribution in [0.3, 0.4) is 0 Å². The maximum atomic E-state index is 15.0. The smallest absolute Gasteiger partial charge is 0.380 e. The molecule has 1 amide bonds. The lowest BCUT2D eigenvalue weighted by Gasteiger charge is -2.20. The summed E-state index contributed by atoms with van der Waals surface area (Å²) in [6.07, 6.45) is -3.65. The van der Waals surface area contributed by atoms with Crippen LogP contribution in [0.5, 0.6) is 0 Å². The van der Waals surface area contributed by atoms with E-state index in [0.29, 0.717) is 36.9 Å². The van der Waals surface area contributed by atoms with E-state index in [4.69, 9.17) is 10.3 Å². The fraction of sp³-hybridized carbons (Fsp3) is 0.263. The standard InChI is InChI=1S/C19H14F4N3O2/c20-16-11(10-3-6-14-13(9-10)17(24)25-28-14)4-5-12(15(16)19(21,22)23)18(27)26-7-1-2-8-26/h3-4,6,9H,1-2,7-8H2,(H2,24,25). The van der Waals surface area contributed by atoms with Gasteiger partial charge in [-0.15, -0.1) is 0 Å². The average molecular weight is 392 g/mol. The second-order valence-electron chi connectivity index (χ2n) is 6.54. The van der Waals surface area contributed by atoms with Crippen LogP contribution in [0.15, 0.2) is 28.8 Å². The summed E-state index contributed by atoms with van der Waals surface area (Å²) in [6.45, 7) is 0.688. The van der Waals surface area contributed by atoms with Crippen molar-refractivity contribution in [3.63, 3.8) is 0 Å². The van der Waals surface area contributed by atoms with E-state index in [0.717, 1.165) is 6.07 Å². The number of nitrogen functional groups attached to an aromatic ring is 1. The van der Waals surface area contributed by atoms with Crippen molar-refractivity contribution >= 4 is 22.7 Å². The monoisotopic (exact) mass is 392 g/mol. The predicted molar refractivity (Wildman–Crippen MR) is 92.8 cm³/mol. The Bertz CT molecular complexity index is 1070. The molecule has 2 aromatic carbocycles. The molecule has 4 rings (SSSR count). The zero-order valence-corrected chi connectivity index (χ0v) is 14.4. The normalized spacial score (nSPS) is 14.8. The van der Waals surface area contributed by atoms with Crippen molar-refractivity contribution in [1.29, 1.82) is 0 Å². The number of halogens is 4. The first-order chi connectivity index (χ1) is 13.3. The van der Waals surface area contributed by atoms with Gasteiger partial charge in [-0.05, 0) is 42.7 Å². The predicted octanol–water partition coefficient (Wildman–Crippen LogP) is 4.27. The molecule has 0 saturated carbocycles. The Morgan fingerprint density at radius 2 is 1.96 bits per heavy atom. The summed E-state index contributed by atoms with van der Waals surface area (Å²) in [5.41, 5.74) is 3.36. The number of amides is 1. The van der Waals surface area contributed by atoms with Crippen LogP contribution in [0.25, 0.3) is 22.1 Å². The summed E-state index contributed by atoms with van der Waals surface area (Å²) >= 11 is 0. The van der Waals surface area contributed by atoms with Gasteiger partial charge >= 0.3 is 6.18 Å². The Kier molecular flexibility index (Phi) is 4.24. The number of carbonyl (C=O) groups excluding carboxylic acids is 1. The first-order valence-corrected chi connectivity index (χ1v) is 8.53. The van der Waals surface area contributed by atoms with Crippen molar-refractivity contribution in [3.8, 4) is 11.1 Å². The zero-order chi connectivity index (χ0) is 20.1. The zero-order valence-electron chi connectivity index (χ0n) is 14.4. The molecule has 1 aromatic heterocycles. The van der Waals surface area contributed by atoms with E-state index in [1.54, 1.807) is 0 Å². The van der Waals surface area contributed by atoms with E-state index in [2.05, 4.69) is 11.2 Å². The number of aromatic nitrogens is 1. The maximum absolute atomic E-state index is 15.0. The van der Waals surface area contributed by atoms with E-state index < -0.39 is 29.0 Å². The van der Waals surface area contributed by atoms with E-state index >= 15 is 4.39 Å². The highest BCUT2D eigenvalue weighted by molar-refractivity contribution is 5.97. The molecule has 2 N–H and O–H groups in total. The Labute approximate surface area is 156 Å². The number of hydrogen-bond acceptors (Lipinski definition) is 4. The first-order valence-electron chi connectivity index (χ1n) is 8.53. The van der Waals surface area contributed by atoms with Crippen LogP contribution in [0.1, 0.15) is 28.8 Å². The van der Waals surface area contributed by atoms with Gasteiger partial charge in [-0.2, -0.15) is 13.2 Å². The molecule has 5 nitrogen and oxygen atoms in total. The van der Waals surface area contributed by atoms with E-state index in [9.17, 15) is 18.0 Å². The van der Waals surface area contributed by atoms with Crippen molar-refractivity contribution in [3.05, 3.63) is 47.3 Å². The molecule has 0 unspecified atom stereocenters. The van der Waals surface area contributed by atoms with E-state index in [-0.39, 0.29) is 16.9 Å². The minimum Gasteiger partial charge on any atom is -0.380 e. The second kappa shape index (κ2) is 6.50. The number of alkyl halides is 3. The number of likely N-dealkylation sites (tertiary alicyclic amines) is 1. The number of nitrogens with two attached hydrogens (primary N) is 1. The van der Waals surface area contributed by atoms with Gasteiger partial charge in [0, 0.05) is 18.7 Å². The Hall–Kier alpha value is -3.10. The van der Waals surface area contributed by atoms with Gasteiger partial charge in [0.2, 0.25) is 0 Å². The van der Waals surface area contributed by atoms with Gasteiger partial charge in [-0.1, -0.05) is 11.2 Å². The highest BCUT2D eigenvalue weighted by atomic mass is 19.4. The first kappa shape index (κ1) is 18.3. The van der Waals surface area contributed by atoms with Gasteiger partial charge in [0.25, 0.3) is 5.91 Å². The number of benzene rings is 2. The highest BCUT2D eigenvalue weighted by Gasteiger charge is 2.41. The Balaban J connectivity index is 1.87. The summed E-state index contributed by atoms with van der Waals surface area (Å²) in [6, 6.07) is 7.63. The summed E-state index contributed by atoms with van der Waals surface area (Å²) < 4.78 is 60.9. The molecule has 0 spiro atoms. The summed E-state index contributed by atoms with van der Waals surface area (Å²) in [5, 5.41) is 3.91. The van der Waals surface area contributed by atoms with Crippen molar-refractivity contribution < 1.29 is 26.9 Å². The molecule has 28 heavy (non-hydrogen) atoms. The molecule has 1 aliphatic heterocycles. The Morgan fingerprint density at radius 1 is 1.25 bits per heavy atom. The van der Waals surface area contributed by atoms with Gasteiger partial charge in [0.05, 0.1) is 10.9 Å². The van der Waals surface area contributed by atoms with Gasteiger partial charge in [-0.25, -0.2) is 4.39 Å². The van der Waals surface area contributed by atoms with Crippen LogP contribution >= 0.6 is 0 Å². The summed E-state index contributed by atoms with van der Waals surface area (Å²) in [7, 11) is 0. The van der Waals surface area contributed by atoms with Crippen LogP contribution in [-0.4, -0.2) is 29.1 Å². The quantitative estimate of drug-likeness (QED) is 0.661. The lowest BCUT2D eigenvalue weighted by Crippen LogP contribution is -2.30. The third-order valence-corrected chi connectivity index (χ3v) is 4.77. The third-order valence-electron chi connectivity index (χ3n) is 4.77. The molecule has 1 fully saturated rings. The number of anilines is 1. The molecule has 0 atom stereocenters. The van der Waals surface area contributed by atoms with Crippen molar-refractivity contribution in [2.24, 2.45) is 0 Å². The molecule has 0 bridgehead atoms. The van der Waals surface area contributed by atoms with Crippen LogP contribution in [0, 0.1) is 11.9 Å². The van der Waals surface area contributed by atoms with Crippen LogP contribution in [-0.2, 0) is 6.18 Å². The van der Waals surface area contributed by atoms with Gasteiger partial charge in [-0.3, -0.25) is 4.79 Å². The molecule has 3 aromatic rings. The second-order valence-corrected chi connectivity index (χ2v) is 6.54. The molecule has 0 aliphatic carbocycles. The van der Waals surface area contributed by atoms with Gasteiger partial charge in [0.1, 0.15) is 11.4 Å². The van der Waals surface area contributed by atoms with Crippen LogP contribution in [0.4, 0.5) is 23.4 Å². The summed E-state index contributed by atoms with van der Waals surface area (Å²) in [5.74, 6) is -2.35. The molecule has 9 heteroatoms. The van der Waals surface area contributed by atoms with Gasteiger partial charge < -0.3 is 15.2 Å². The summed E-state index contributed by atoms with van der Waals surface area (Å²) in [4.78, 5) is 13.8. The van der Waals surface area contributed by atoms with Crippen LogP contribution < -0.4 is 5.73 Å². The van der Waals surface area contributed by atoms with Crippen LogP contribution in [0.2, 0.25) is 0 Å². The fourth-order valence-electron chi connectivity index (χ4n) is 3.37. The third kappa shape index (κ3) is 2.96. The molecule has 1 saturated heterocycles. The SMILES string of the molecule is Nc1noc2ccc(-c3c[c]c(C(=O)N4CCCC4)c(C(F)(F)F)c3F)cc12. The molecule has 1 aliphatic rings. The lowest BCUT2D eigenvalue weighted by atomic mass is 9.96. The molecular weight excluding hydrogens is 378 g/mol.